The zero-order valence-electron chi connectivity index (χ0n) is 7.74. The van der Waals surface area contributed by atoms with Gasteiger partial charge in [0.2, 0.25) is 5.89 Å². The van der Waals surface area contributed by atoms with Crippen molar-refractivity contribution in [2.45, 2.75) is 37.8 Å². The van der Waals surface area contributed by atoms with Crippen LogP contribution >= 0.6 is 15.9 Å². The van der Waals surface area contributed by atoms with E-state index in [4.69, 9.17) is 4.42 Å². The van der Waals surface area contributed by atoms with Gasteiger partial charge in [-0.1, -0.05) is 0 Å². The highest BCUT2D eigenvalue weighted by molar-refractivity contribution is 9.10. The van der Waals surface area contributed by atoms with Crippen LogP contribution in [0.25, 0.3) is 0 Å². The SMILES string of the molecule is Brc1nnc(C2NC3CCC2CC3)o1. The molecule has 0 aromatic carbocycles. The number of hydrogen-bond donors (Lipinski definition) is 1. The summed E-state index contributed by atoms with van der Waals surface area (Å²) in [4.78, 5) is 0.482. The molecule has 5 heteroatoms. The third-order valence-electron chi connectivity index (χ3n) is 3.34. The molecule has 1 aromatic rings. The van der Waals surface area contributed by atoms with E-state index in [1.165, 1.54) is 25.7 Å². The third kappa shape index (κ3) is 1.39. The van der Waals surface area contributed by atoms with Gasteiger partial charge in [0.25, 0.3) is 4.80 Å². The number of nitrogens with one attached hydrogen (secondary N) is 1. The molecule has 0 amide bonds. The Labute approximate surface area is 90.6 Å². The number of nitrogens with zero attached hydrogens (tertiary/aromatic N) is 2. The third-order valence-corrected chi connectivity index (χ3v) is 3.66. The van der Waals surface area contributed by atoms with Crippen LogP contribution in [0, 0.1) is 5.92 Å². The molecule has 3 aliphatic rings. The predicted molar refractivity (Wildman–Crippen MR) is 53.6 cm³/mol. The maximum Gasteiger partial charge on any atom is 0.284 e. The molecule has 1 unspecified atom stereocenters. The van der Waals surface area contributed by atoms with E-state index >= 15 is 0 Å². The fraction of sp³-hybridized carbons (Fsp3) is 0.778. The van der Waals surface area contributed by atoms with Crippen LogP contribution in [0.1, 0.15) is 37.6 Å². The van der Waals surface area contributed by atoms with E-state index in [-0.39, 0.29) is 0 Å². The summed E-state index contributed by atoms with van der Waals surface area (Å²) in [5, 5.41) is 11.4. The van der Waals surface area contributed by atoms with Crippen LogP contribution in [-0.4, -0.2) is 16.2 Å². The maximum absolute atomic E-state index is 5.41. The highest BCUT2D eigenvalue weighted by Crippen LogP contribution is 2.40. The number of hydrogen-bond acceptors (Lipinski definition) is 4. The summed E-state index contributed by atoms with van der Waals surface area (Å²) in [5.41, 5.74) is 0. The Morgan fingerprint density at radius 2 is 2.00 bits per heavy atom. The van der Waals surface area contributed by atoms with Crippen LogP contribution in [0.15, 0.2) is 9.22 Å². The summed E-state index contributed by atoms with van der Waals surface area (Å²) in [6, 6.07) is 0.956. The normalized spacial score (nSPS) is 36.2. The second kappa shape index (κ2) is 3.31. The Hall–Kier alpha value is -0.420. The minimum atomic E-state index is 0.293. The number of fused-ring (bicyclic) bond motifs is 3. The Bertz CT molecular complexity index is 333. The first-order valence-electron chi connectivity index (χ1n) is 5.08. The van der Waals surface area contributed by atoms with Gasteiger partial charge in [-0.25, -0.2) is 0 Å². The topological polar surface area (TPSA) is 51.0 Å². The Morgan fingerprint density at radius 1 is 1.21 bits per heavy atom. The van der Waals surface area contributed by atoms with Gasteiger partial charge in [-0.3, -0.25) is 0 Å². The van der Waals surface area contributed by atoms with E-state index in [1.54, 1.807) is 0 Å². The molecule has 1 aliphatic carbocycles. The number of piperidine rings is 2. The molecule has 4 nitrogen and oxygen atoms in total. The lowest BCUT2D eigenvalue weighted by molar-refractivity contribution is 0.129. The van der Waals surface area contributed by atoms with Crippen LogP contribution < -0.4 is 5.32 Å². The number of rotatable bonds is 1. The molecule has 0 radical (unpaired) electrons. The van der Waals surface area contributed by atoms with Gasteiger partial charge in [0.05, 0.1) is 6.04 Å². The smallest absolute Gasteiger partial charge is 0.284 e. The molecular formula is C9H12BrN3O. The van der Waals surface area contributed by atoms with Gasteiger partial charge < -0.3 is 9.73 Å². The number of halogens is 1. The van der Waals surface area contributed by atoms with Gasteiger partial charge in [-0.2, -0.15) is 0 Å². The average molecular weight is 258 g/mol. The van der Waals surface area contributed by atoms with Crippen molar-refractivity contribution < 1.29 is 4.42 Å². The first-order chi connectivity index (χ1) is 6.83. The highest BCUT2D eigenvalue weighted by atomic mass is 79.9. The largest absolute Gasteiger partial charge is 0.414 e. The Balaban J connectivity index is 1.85. The van der Waals surface area contributed by atoms with Crippen molar-refractivity contribution in [3.8, 4) is 0 Å². The highest BCUT2D eigenvalue weighted by Gasteiger charge is 2.38. The minimum Gasteiger partial charge on any atom is -0.414 e. The fourth-order valence-corrected chi connectivity index (χ4v) is 2.87. The van der Waals surface area contributed by atoms with Crippen molar-refractivity contribution in [1.82, 2.24) is 15.5 Å². The fourth-order valence-electron chi connectivity index (χ4n) is 2.62. The summed E-state index contributed by atoms with van der Waals surface area (Å²) in [7, 11) is 0. The van der Waals surface area contributed by atoms with Crippen LogP contribution in [0.4, 0.5) is 0 Å². The monoisotopic (exact) mass is 257 g/mol. The Kier molecular flexibility index (Phi) is 2.09. The predicted octanol–water partition coefficient (Wildman–Crippen LogP) is 2.04. The molecule has 1 aromatic heterocycles. The van der Waals surface area contributed by atoms with Crippen LogP contribution in [0.5, 0.6) is 0 Å². The molecule has 0 spiro atoms. The molecule has 76 valence electrons. The van der Waals surface area contributed by atoms with Crippen molar-refractivity contribution in [2.75, 3.05) is 0 Å². The standard InChI is InChI=1S/C9H12BrN3O/c10-9-13-12-8(14-9)7-5-1-3-6(11-7)4-2-5/h5-7,11H,1-4H2. The van der Waals surface area contributed by atoms with Gasteiger partial charge in [-0.15, -0.1) is 10.2 Å². The van der Waals surface area contributed by atoms with Gasteiger partial charge in [0.15, 0.2) is 0 Å². The van der Waals surface area contributed by atoms with Gasteiger partial charge in [0.1, 0.15) is 0 Å². The maximum atomic E-state index is 5.41. The second-order valence-electron chi connectivity index (χ2n) is 4.15. The summed E-state index contributed by atoms with van der Waals surface area (Å²) in [6.07, 6.45) is 5.19. The second-order valence-corrected chi connectivity index (χ2v) is 4.83. The molecule has 4 rings (SSSR count). The quantitative estimate of drug-likeness (QED) is 0.837. The lowest BCUT2D eigenvalue weighted by Crippen LogP contribution is -2.46. The van der Waals surface area contributed by atoms with E-state index < -0.39 is 0 Å². The van der Waals surface area contributed by atoms with Gasteiger partial charge in [-0.05, 0) is 31.6 Å². The molecule has 3 heterocycles. The van der Waals surface area contributed by atoms with Crippen LogP contribution in [-0.2, 0) is 0 Å². The molecule has 14 heavy (non-hydrogen) atoms. The van der Waals surface area contributed by atoms with E-state index in [0.29, 0.717) is 22.8 Å². The molecule has 3 fully saturated rings. The molecule has 1 saturated carbocycles. The zero-order chi connectivity index (χ0) is 9.54. The summed E-state index contributed by atoms with van der Waals surface area (Å²) < 4.78 is 5.41. The van der Waals surface area contributed by atoms with Crippen molar-refractivity contribution in [3.63, 3.8) is 0 Å². The van der Waals surface area contributed by atoms with Crippen molar-refractivity contribution in [1.29, 1.82) is 0 Å². The Morgan fingerprint density at radius 3 is 2.50 bits per heavy atom. The lowest BCUT2D eigenvalue weighted by Gasteiger charge is -2.41. The minimum absolute atomic E-state index is 0.293. The molecule has 1 N–H and O–H groups in total. The summed E-state index contributed by atoms with van der Waals surface area (Å²) in [6.45, 7) is 0. The van der Waals surface area contributed by atoms with E-state index in [9.17, 15) is 0 Å². The summed E-state index contributed by atoms with van der Waals surface area (Å²) >= 11 is 3.18. The molecule has 2 bridgehead atoms. The summed E-state index contributed by atoms with van der Waals surface area (Å²) in [5.74, 6) is 1.43. The van der Waals surface area contributed by atoms with Crippen molar-refractivity contribution in [2.24, 2.45) is 5.92 Å². The van der Waals surface area contributed by atoms with Crippen LogP contribution in [0.2, 0.25) is 0 Å². The molecular weight excluding hydrogens is 246 g/mol. The van der Waals surface area contributed by atoms with E-state index in [2.05, 4.69) is 31.4 Å². The first kappa shape index (κ1) is 8.85. The zero-order valence-corrected chi connectivity index (χ0v) is 9.33. The van der Waals surface area contributed by atoms with E-state index in [1.807, 2.05) is 0 Å². The molecule has 2 aliphatic heterocycles. The van der Waals surface area contributed by atoms with Crippen molar-refractivity contribution >= 4 is 15.9 Å². The lowest BCUT2D eigenvalue weighted by atomic mass is 9.76. The van der Waals surface area contributed by atoms with Crippen molar-refractivity contribution in [3.05, 3.63) is 10.7 Å². The van der Waals surface area contributed by atoms with E-state index in [0.717, 1.165) is 5.89 Å². The average Bonchev–Trinajstić information content (AvgIpc) is 2.66. The van der Waals surface area contributed by atoms with Crippen LogP contribution in [0.3, 0.4) is 0 Å². The molecule has 1 atom stereocenters. The molecule has 2 saturated heterocycles. The first-order valence-corrected chi connectivity index (χ1v) is 5.87. The number of aromatic nitrogens is 2. The van der Waals surface area contributed by atoms with Gasteiger partial charge >= 0.3 is 0 Å². The van der Waals surface area contributed by atoms with Gasteiger partial charge in [0, 0.05) is 22.0 Å².